The van der Waals surface area contributed by atoms with E-state index in [1.165, 1.54) is 61.5 Å². The van der Waals surface area contributed by atoms with Gasteiger partial charge >= 0.3 is 0 Å². The van der Waals surface area contributed by atoms with Crippen molar-refractivity contribution in [1.29, 1.82) is 0 Å². The third-order valence-electron chi connectivity index (χ3n) is 3.25. The normalized spacial score (nSPS) is 17.2. The first-order chi connectivity index (χ1) is 8.25. The van der Waals surface area contributed by atoms with Gasteiger partial charge in [0, 0.05) is 4.88 Å². The Hall–Kier alpha value is -0.870. The van der Waals surface area contributed by atoms with Gasteiger partial charge in [0.1, 0.15) is 0 Å². The highest BCUT2D eigenvalue weighted by atomic mass is 32.1. The molecule has 3 nitrogen and oxygen atoms in total. The van der Waals surface area contributed by atoms with Crippen molar-refractivity contribution in [2.24, 2.45) is 5.73 Å². The molecule has 2 heterocycles. The van der Waals surface area contributed by atoms with Crippen LogP contribution in [-0.4, -0.2) is 30.4 Å². The summed E-state index contributed by atoms with van der Waals surface area (Å²) in [5, 5.41) is 0. The maximum absolute atomic E-state index is 11.0. The highest BCUT2D eigenvalue weighted by Crippen LogP contribution is 2.18. The first-order valence-electron chi connectivity index (χ1n) is 6.36. The van der Waals surface area contributed by atoms with E-state index < -0.39 is 0 Å². The minimum absolute atomic E-state index is 0.308. The summed E-state index contributed by atoms with van der Waals surface area (Å²) in [6.45, 7) is 3.71. The largest absolute Gasteiger partial charge is 0.365 e. The summed E-state index contributed by atoms with van der Waals surface area (Å²) in [6.07, 6.45) is 6.34. The summed E-state index contributed by atoms with van der Waals surface area (Å²) in [5.74, 6) is -0.308. The molecule has 1 aromatic heterocycles. The molecule has 0 spiro atoms. The van der Waals surface area contributed by atoms with Crippen molar-refractivity contribution in [2.45, 2.75) is 32.1 Å². The molecule has 0 bridgehead atoms. The van der Waals surface area contributed by atoms with E-state index in [2.05, 4.69) is 4.90 Å². The van der Waals surface area contributed by atoms with Crippen LogP contribution in [0.5, 0.6) is 0 Å². The lowest BCUT2D eigenvalue weighted by Crippen LogP contribution is -2.30. The zero-order valence-electron chi connectivity index (χ0n) is 10.2. The number of carbonyl (C=O) groups excluding carboxylic acids is 1. The molecule has 0 unspecified atom stereocenters. The number of primary amides is 1. The van der Waals surface area contributed by atoms with E-state index in [1.807, 2.05) is 12.1 Å². The molecule has 0 aliphatic carbocycles. The Balaban J connectivity index is 1.71. The van der Waals surface area contributed by atoms with Gasteiger partial charge in [0.2, 0.25) is 0 Å². The molecule has 0 saturated carbocycles. The Morgan fingerprint density at radius 1 is 1.29 bits per heavy atom. The number of hydrogen-bond acceptors (Lipinski definition) is 3. The van der Waals surface area contributed by atoms with Gasteiger partial charge in [-0.05, 0) is 57.5 Å². The van der Waals surface area contributed by atoms with Gasteiger partial charge in [-0.3, -0.25) is 4.79 Å². The Bertz CT molecular complexity index is 369. The molecule has 0 atom stereocenters. The van der Waals surface area contributed by atoms with E-state index in [1.54, 1.807) is 0 Å². The number of rotatable bonds is 5. The Morgan fingerprint density at radius 3 is 2.71 bits per heavy atom. The van der Waals surface area contributed by atoms with Crippen molar-refractivity contribution in [2.75, 3.05) is 19.6 Å². The fraction of sp³-hybridized carbons (Fsp3) is 0.615. The summed E-state index contributed by atoms with van der Waals surface area (Å²) in [7, 11) is 0. The zero-order valence-corrected chi connectivity index (χ0v) is 11.0. The summed E-state index contributed by atoms with van der Waals surface area (Å²) < 4.78 is 0. The van der Waals surface area contributed by atoms with Crippen LogP contribution in [0.1, 0.15) is 40.2 Å². The number of carbonyl (C=O) groups is 1. The molecule has 0 radical (unpaired) electrons. The van der Waals surface area contributed by atoms with Gasteiger partial charge in [-0.25, -0.2) is 0 Å². The summed E-state index contributed by atoms with van der Waals surface area (Å²) in [4.78, 5) is 15.5. The molecule has 94 valence electrons. The van der Waals surface area contributed by atoms with Crippen LogP contribution in [0, 0.1) is 0 Å². The van der Waals surface area contributed by atoms with Crippen LogP contribution < -0.4 is 5.73 Å². The van der Waals surface area contributed by atoms with Crippen molar-refractivity contribution in [3.05, 3.63) is 21.9 Å². The quantitative estimate of drug-likeness (QED) is 0.873. The molecule has 1 aliphatic heterocycles. The first-order valence-corrected chi connectivity index (χ1v) is 7.18. The molecule has 1 aliphatic rings. The van der Waals surface area contributed by atoms with Crippen LogP contribution in [-0.2, 0) is 6.42 Å². The third-order valence-corrected chi connectivity index (χ3v) is 4.41. The highest BCUT2D eigenvalue weighted by Gasteiger charge is 2.10. The predicted molar refractivity (Wildman–Crippen MR) is 71.4 cm³/mol. The molecule has 1 saturated heterocycles. The number of aryl methyl sites for hydroxylation is 1. The lowest BCUT2D eigenvalue weighted by molar-refractivity contribution is 0.100. The second-order valence-corrected chi connectivity index (χ2v) is 5.80. The average Bonchev–Trinajstić information content (AvgIpc) is 2.79. The van der Waals surface area contributed by atoms with Gasteiger partial charge in [0.05, 0.1) is 4.88 Å². The fourth-order valence-electron chi connectivity index (χ4n) is 2.30. The topological polar surface area (TPSA) is 46.3 Å². The summed E-state index contributed by atoms with van der Waals surface area (Å²) in [6, 6.07) is 3.87. The molecule has 2 rings (SSSR count). The smallest absolute Gasteiger partial charge is 0.258 e. The number of piperidine rings is 1. The Kier molecular flexibility index (Phi) is 4.57. The molecule has 2 N–H and O–H groups in total. The van der Waals surface area contributed by atoms with E-state index in [4.69, 9.17) is 5.73 Å². The molecule has 0 aromatic carbocycles. The summed E-state index contributed by atoms with van der Waals surface area (Å²) in [5.41, 5.74) is 5.24. The number of likely N-dealkylation sites (tertiary alicyclic amines) is 1. The van der Waals surface area contributed by atoms with Crippen LogP contribution >= 0.6 is 11.3 Å². The standard InChI is InChI=1S/C13H20N2OS/c14-13(16)12-7-6-11(17-12)5-4-10-15-8-2-1-3-9-15/h6-7H,1-5,8-10H2,(H2,14,16). The SMILES string of the molecule is NC(=O)c1ccc(CCCN2CCCCC2)s1. The average molecular weight is 252 g/mol. The van der Waals surface area contributed by atoms with E-state index in [0.717, 1.165) is 6.42 Å². The van der Waals surface area contributed by atoms with Gasteiger partial charge in [0.25, 0.3) is 5.91 Å². The zero-order chi connectivity index (χ0) is 12.1. The van der Waals surface area contributed by atoms with E-state index >= 15 is 0 Å². The number of nitrogens with two attached hydrogens (primary N) is 1. The van der Waals surface area contributed by atoms with E-state index in [0.29, 0.717) is 4.88 Å². The maximum Gasteiger partial charge on any atom is 0.258 e. The lowest BCUT2D eigenvalue weighted by atomic mass is 10.1. The first kappa shape index (κ1) is 12.6. The minimum Gasteiger partial charge on any atom is -0.365 e. The molecular weight excluding hydrogens is 232 g/mol. The molecular formula is C13H20N2OS. The van der Waals surface area contributed by atoms with E-state index in [9.17, 15) is 4.79 Å². The molecule has 1 fully saturated rings. The lowest BCUT2D eigenvalue weighted by Gasteiger charge is -2.26. The Morgan fingerprint density at radius 2 is 2.06 bits per heavy atom. The number of amides is 1. The molecule has 1 aromatic rings. The van der Waals surface area contributed by atoms with Gasteiger partial charge in [0.15, 0.2) is 0 Å². The molecule has 17 heavy (non-hydrogen) atoms. The van der Waals surface area contributed by atoms with Crippen molar-refractivity contribution in [3.8, 4) is 0 Å². The van der Waals surface area contributed by atoms with Crippen LogP contribution in [0.15, 0.2) is 12.1 Å². The van der Waals surface area contributed by atoms with E-state index in [-0.39, 0.29) is 5.91 Å². The van der Waals surface area contributed by atoms with Crippen molar-refractivity contribution in [3.63, 3.8) is 0 Å². The Labute approximate surface area is 107 Å². The van der Waals surface area contributed by atoms with Gasteiger partial charge < -0.3 is 10.6 Å². The number of thiophene rings is 1. The third kappa shape index (κ3) is 3.82. The summed E-state index contributed by atoms with van der Waals surface area (Å²) >= 11 is 1.53. The minimum atomic E-state index is -0.308. The maximum atomic E-state index is 11.0. The number of hydrogen-bond donors (Lipinski definition) is 1. The predicted octanol–water partition coefficient (Wildman–Crippen LogP) is 2.27. The van der Waals surface area contributed by atoms with Crippen LogP contribution in [0.3, 0.4) is 0 Å². The van der Waals surface area contributed by atoms with Crippen LogP contribution in [0.4, 0.5) is 0 Å². The van der Waals surface area contributed by atoms with Crippen molar-refractivity contribution in [1.82, 2.24) is 4.90 Å². The van der Waals surface area contributed by atoms with Crippen molar-refractivity contribution < 1.29 is 4.79 Å². The van der Waals surface area contributed by atoms with Gasteiger partial charge in [-0.15, -0.1) is 11.3 Å². The fourth-order valence-corrected chi connectivity index (χ4v) is 3.21. The van der Waals surface area contributed by atoms with Gasteiger partial charge in [-0.2, -0.15) is 0 Å². The second kappa shape index (κ2) is 6.17. The highest BCUT2D eigenvalue weighted by molar-refractivity contribution is 7.14. The monoisotopic (exact) mass is 252 g/mol. The van der Waals surface area contributed by atoms with Crippen LogP contribution in [0.25, 0.3) is 0 Å². The van der Waals surface area contributed by atoms with Gasteiger partial charge in [-0.1, -0.05) is 6.42 Å². The van der Waals surface area contributed by atoms with Crippen LogP contribution in [0.2, 0.25) is 0 Å². The number of nitrogens with zero attached hydrogens (tertiary/aromatic N) is 1. The molecule has 4 heteroatoms. The second-order valence-electron chi connectivity index (χ2n) is 4.64. The molecule has 1 amide bonds. The van der Waals surface area contributed by atoms with Crippen molar-refractivity contribution >= 4 is 17.2 Å².